The number of carbonyl (C=O) groups excluding carboxylic acids is 1. The fourth-order valence-corrected chi connectivity index (χ4v) is 2.13. The maximum Gasteiger partial charge on any atom is 0.407 e. The van der Waals surface area contributed by atoms with Crippen molar-refractivity contribution >= 4 is 23.4 Å². The second-order valence-corrected chi connectivity index (χ2v) is 4.40. The molecule has 1 saturated heterocycles. The van der Waals surface area contributed by atoms with Crippen molar-refractivity contribution in [3.63, 3.8) is 0 Å². The van der Waals surface area contributed by atoms with Gasteiger partial charge >= 0.3 is 11.8 Å². The predicted molar refractivity (Wildman–Crippen MR) is 66.7 cm³/mol. The first-order valence-electron chi connectivity index (χ1n) is 5.81. The number of carbonyl (C=O) groups is 2. The van der Waals surface area contributed by atoms with E-state index in [4.69, 9.17) is 5.11 Å². The van der Waals surface area contributed by atoms with E-state index >= 15 is 0 Å². The molecule has 20 heavy (non-hydrogen) atoms. The largest absolute Gasteiger partial charge is 0.465 e. The molecule has 0 spiro atoms. The minimum absolute atomic E-state index is 0.0792. The van der Waals surface area contributed by atoms with Gasteiger partial charge in [0.15, 0.2) is 5.78 Å². The molecule has 10 heteroatoms. The van der Waals surface area contributed by atoms with Gasteiger partial charge in [-0.05, 0) is 0 Å². The number of amides is 1. The minimum atomic E-state index is -1.18. The van der Waals surface area contributed by atoms with Gasteiger partial charge in [0.2, 0.25) is 5.82 Å². The summed E-state index contributed by atoms with van der Waals surface area (Å²) in [5.41, 5.74) is -0.205. The smallest absolute Gasteiger partial charge is 0.407 e. The van der Waals surface area contributed by atoms with Gasteiger partial charge < -0.3 is 10.0 Å². The standard InChI is InChI=1S/C10H13N5O5/c1-12-9(8(4-11-12)15(19)20)13-2-3-14(10(17)18)6-7(16)5-13/h4H,2-3,5-6H2,1H3,(H,17,18). The first kappa shape index (κ1) is 13.8. The third-order valence-electron chi connectivity index (χ3n) is 3.03. The van der Waals surface area contributed by atoms with Crippen molar-refractivity contribution in [2.75, 3.05) is 31.1 Å². The summed E-state index contributed by atoms with van der Waals surface area (Å²) < 4.78 is 1.31. The lowest BCUT2D eigenvalue weighted by Crippen LogP contribution is -2.35. The average molecular weight is 283 g/mol. The topological polar surface area (TPSA) is 122 Å². The van der Waals surface area contributed by atoms with Crippen molar-refractivity contribution in [2.24, 2.45) is 7.05 Å². The van der Waals surface area contributed by atoms with Crippen LogP contribution in [0.15, 0.2) is 6.20 Å². The second-order valence-electron chi connectivity index (χ2n) is 4.40. The van der Waals surface area contributed by atoms with Gasteiger partial charge in [-0.3, -0.25) is 19.8 Å². The average Bonchev–Trinajstić information content (AvgIpc) is 2.63. The first-order chi connectivity index (χ1) is 9.40. The Bertz CT molecular complexity index is 568. The van der Waals surface area contributed by atoms with Crippen molar-refractivity contribution in [2.45, 2.75) is 0 Å². The zero-order valence-electron chi connectivity index (χ0n) is 10.7. The van der Waals surface area contributed by atoms with Crippen LogP contribution < -0.4 is 4.90 Å². The molecular formula is C10H13N5O5. The molecule has 0 atom stereocenters. The molecule has 0 saturated carbocycles. The highest BCUT2D eigenvalue weighted by Gasteiger charge is 2.30. The molecule has 0 unspecified atom stereocenters. The van der Waals surface area contributed by atoms with Gasteiger partial charge in [0.1, 0.15) is 6.20 Å². The van der Waals surface area contributed by atoms with E-state index in [2.05, 4.69) is 5.10 Å². The number of anilines is 1. The van der Waals surface area contributed by atoms with Crippen LogP contribution in [0.2, 0.25) is 0 Å². The highest BCUT2D eigenvalue weighted by Crippen LogP contribution is 2.27. The summed E-state index contributed by atoms with van der Waals surface area (Å²) in [4.78, 5) is 35.5. The van der Waals surface area contributed by atoms with E-state index in [1.165, 1.54) is 16.6 Å². The van der Waals surface area contributed by atoms with Crippen molar-refractivity contribution in [1.82, 2.24) is 14.7 Å². The third kappa shape index (κ3) is 2.53. The van der Waals surface area contributed by atoms with Crippen molar-refractivity contribution in [3.8, 4) is 0 Å². The van der Waals surface area contributed by atoms with Crippen LogP contribution in [0.4, 0.5) is 16.3 Å². The van der Waals surface area contributed by atoms with Crippen LogP contribution in [0.1, 0.15) is 0 Å². The lowest BCUT2D eigenvalue weighted by Gasteiger charge is -2.21. The third-order valence-corrected chi connectivity index (χ3v) is 3.03. The Morgan fingerprint density at radius 1 is 1.45 bits per heavy atom. The van der Waals surface area contributed by atoms with Crippen molar-refractivity contribution in [3.05, 3.63) is 16.3 Å². The fourth-order valence-electron chi connectivity index (χ4n) is 2.13. The van der Waals surface area contributed by atoms with Crippen LogP contribution >= 0.6 is 0 Å². The quantitative estimate of drug-likeness (QED) is 0.583. The number of Topliss-reactive ketones (excluding diaryl/α,β-unsaturated/α-hetero) is 1. The summed E-state index contributed by atoms with van der Waals surface area (Å²) in [5, 5.41) is 23.7. The van der Waals surface area contributed by atoms with Crippen LogP contribution in [-0.4, -0.2) is 62.8 Å². The molecule has 0 radical (unpaired) electrons. The zero-order chi connectivity index (χ0) is 14.9. The van der Waals surface area contributed by atoms with Crippen molar-refractivity contribution < 1.29 is 19.6 Å². The summed E-state index contributed by atoms with van der Waals surface area (Å²) in [7, 11) is 1.53. The Morgan fingerprint density at radius 2 is 2.15 bits per heavy atom. The SMILES string of the molecule is Cn1ncc([N+](=O)[O-])c1N1CCN(C(=O)O)CC(=O)C1. The number of hydrogen-bond acceptors (Lipinski definition) is 6. The molecule has 1 aliphatic heterocycles. The van der Waals surface area contributed by atoms with Crippen LogP contribution in [0.3, 0.4) is 0 Å². The van der Waals surface area contributed by atoms with E-state index in [-0.39, 0.29) is 43.5 Å². The normalized spacial score (nSPS) is 16.1. The van der Waals surface area contributed by atoms with E-state index < -0.39 is 11.0 Å². The fraction of sp³-hybridized carbons (Fsp3) is 0.500. The number of nitro groups is 1. The van der Waals surface area contributed by atoms with Gasteiger partial charge in [0, 0.05) is 20.1 Å². The number of ketones is 1. The minimum Gasteiger partial charge on any atom is -0.465 e. The molecule has 0 bridgehead atoms. The summed E-state index contributed by atoms with van der Waals surface area (Å²) in [6.07, 6.45) is -0.0700. The number of aryl methyl sites for hydroxylation is 1. The highest BCUT2D eigenvalue weighted by atomic mass is 16.6. The molecule has 108 valence electrons. The molecule has 1 aromatic heterocycles. The molecule has 0 aliphatic carbocycles. The van der Waals surface area contributed by atoms with Gasteiger partial charge in [-0.15, -0.1) is 0 Å². The van der Waals surface area contributed by atoms with E-state index in [0.29, 0.717) is 0 Å². The van der Waals surface area contributed by atoms with Gasteiger partial charge in [0.25, 0.3) is 0 Å². The Labute approximate surface area is 113 Å². The molecule has 1 aromatic rings. The first-order valence-corrected chi connectivity index (χ1v) is 5.81. The second kappa shape index (κ2) is 5.15. The van der Waals surface area contributed by atoms with Gasteiger partial charge in [-0.25, -0.2) is 9.48 Å². The lowest BCUT2D eigenvalue weighted by atomic mass is 10.3. The molecule has 1 N–H and O–H groups in total. The van der Waals surface area contributed by atoms with Gasteiger partial charge in [-0.2, -0.15) is 5.10 Å². The van der Waals surface area contributed by atoms with Crippen LogP contribution in [-0.2, 0) is 11.8 Å². The number of rotatable bonds is 2. The van der Waals surface area contributed by atoms with E-state index in [0.717, 1.165) is 11.1 Å². The zero-order valence-corrected chi connectivity index (χ0v) is 10.7. The lowest BCUT2D eigenvalue weighted by molar-refractivity contribution is -0.384. The summed E-state index contributed by atoms with van der Waals surface area (Å²) in [6, 6.07) is 0. The Kier molecular flexibility index (Phi) is 3.55. The predicted octanol–water partition coefficient (Wildman–Crippen LogP) is -0.303. The molecule has 2 rings (SSSR count). The maximum atomic E-state index is 11.7. The van der Waals surface area contributed by atoms with E-state index in [1.54, 1.807) is 0 Å². The molecule has 1 aliphatic rings. The number of carboxylic acid groups (broad SMARTS) is 1. The molecule has 0 aromatic carbocycles. The van der Waals surface area contributed by atoms with E-state index in [9.17, 15) is 19.7 Å². The van der Waals surface area contributed by atoms with Crippen molar-refractivity contribution in [1.29, 1.82) is 0 Å². The maximum absolute atomic E-state index is 11.7. The highest BCUT2D eigenvalue weighted by molar-refractivity contribution is 5.88. The molecule has 2 heterocycles. The van der Waals surface area contributed by atoms with Gasteiger partial charge in [-0.1, -0.05) is 0 Å². The Morgan fingerprint density at radius 3 is 2.75 bits per heavy atom. The van der Waals surface area contributed by atoms with Gasteiger partial charge in [0.05, 0.1) is 18.0 Å². The monoisotopic (exact) mass is 283 g/mol. The van der Waals surface area contributed by atoms with Crippen LogP contribution in [0.5, 0.6) is 0 Å². The Balaban J connectivity index is 2.29. The van der Waals surface area contributed by atoms with Crippen LogP contribution in [0.25, 0.3) is 0 Å². The molecule has 10 nitrogen and oxygen atoms in total. The van der Waals surface area contributed by atoms with Crippen LogP contribution in [0, 0.1) is 10.1 Å². The number of hydrogen-bond donors (Lipinski definition) is 1. The number of nitrogens with zero attached hydrogens (tertiary/aromatic N) is 5. The molecular weight excluding hydrogens is 270 g/mol. The summed E-state index contributed by atoms with van der Waals surface area (Å²) in [6.45, 7) is 0.00343. The summed E-state index contributed by atoms with van der Waals surface area (Å²) >= 11 is 0. The van der Waals surface area contributed by atoms with E-state index in [1.807, 2.05) is 0 Å². The number of aromatic nitrogens is 2. The summed E-state index contributed by atoms with van der Waals surface area (Å²) in [5.74, 6) is -0.115. The Hall–Kier alpha value is -2.65. The molecule has 1 fully saturated rings. The molecule has 1 amide bonds.